The summed E-state index contributed by atoms with van der Waals surface area (Å²) in [6.45, 7) is 0.454. The minimum Gasteiger partial charge on any atom is -0.342 e. The number of amides is 1. The highest BCUT2D eigenvalue weighted by Gasteiger charge is 2.23. The van der Waals surface area contributed by atoms with Gasteiger partial charge in [-0.25, -0.2) is 4.98 Å². The molecule has 152 valence electrons. The maximum absolute atomic E-state index is 13.1. The molecule has 4 rings (SSSR count). The second-order valence-corrected chi connectivity index (χ2v) is 9.35. The van der Waals surface area contributed by atoms with Crippen molar-refractivity contribution in [3.05, 3.63) is 57.7 Å². The second kappa shape index (κ2) is 9.13. The summed E-state index contributed by atoms with van der Waals surface area (Å²) in [4.78, 5) is 32.4. The standard InChI is InChI=1S/C22H25N3O2S2/c1-24(17-10-6-3-7-11-17)19(26)15-29-22-23-18-12-13-28-20(18)21(27)25(22)14-16-8-4-2-5-9-16/h2,4-5,8-9,12-13,17H,3,6-7,10-11,14-15H2,1H3. The van der Waals surface area contributed by atoms with Gasteiger partial charge in [-0.3, -0.25) is 14.2 Å². The van der Waals surface area contributed by atoms with Gasteiger partial charge in [-0.15, -0.1) is 11.3 Å². The molecule has 1 aliphatic carbocycles. The highest BCUT2D eigenvalue weighted by atomic mass is 32.2. The molecule has 0 unspecified atom stereocenters. The molecule has 0 N–H and O–H groups in total. The van der Waals surface area contributed by atoms with Gasteiger partial charge >= 0.3 is 0 Å². The lowest BCUT2D eigenvalue weighted by Crippen LogP contribution is -2.39. The van der Waals surface area contributed by atoms with Gasteiger partial charge in [0.05, 0.1) is 17.8 Å². The van der Waals surface area contributed by atoms with E-state index in [1.165, 1.54) is 42.4 Å². The van der Waals surface area contributed by atoms with Crippen molar-refractivity contribution in [2.24, 2.45) is 0 Å². The lowest BCUT2D eigenvalue weighted by molar-refractivity contribution is -0.129. The van der Waals surface area contributed by atoms with Crippen molar-refractivity contribution in [2.45, 2.75) is 49.8 Å². The smallest absolute Gasteiger partial charge is 0.272 e. The number of rotatable bonds is 6. The van der Waals surface area contributed by atoms with Gasteiger partial charge in [0, 0.05) is 13.1 Å². The molecule has 0 spiro atoms. The fraction of sp³-hybridized carbons (Fsp3) is 0.409. The van der Waals surface area contributed by atoms with Crippen LogP contribution in [0, 0.1) is 0 Å². The van der Waals surface area contributed by atoms with E-state index in [1.54, 1.807) is 4.57 Å². The fourth-order valence-electron chi connectivity index (χ4n) is 3.84. The summed E-state index contributed by atoms with van der Waals surface area (Å²) >= 11 is 2.78. The first-order chi connectivity index (χ1) is 14.1. The third-order valence-electron chi connectivity index (χ3n) is 5.55. The Bertz CT molecular complexity index is 1040. The highest BCUT2D eigenvalue weighted by Crippen LogP contribution is 2.25. The van der Waals surface area contributed by atoms with Gasteiger partial charge in [0.25, 0.3) is 5.56 Å². The van der Waals surface area contributed by atoms with Crippen LogP contribution in [0.3, 0.4) is 0 Å². The monoisotopic (exact) mass is 427 g/mol. The SMILES string of the molecule is CN(C(=O)CSc1nc2ccsc2c(=O)n1Cc1ccccc1)C1CCCCC1. The average Bonchev–Trinajstić information content (AvgIpc) is 3.24. The van der Waals surface area contributed by atoms with Crippen molar-refractivity contribution in [1.29, 1.82) is 0 Å². The van der Waals surface area contributed by atoms with Crippen molar-refractivity contribution < 1.29 is 4.79 Å². The summed E-state index contributed by atoms with van der Waals surface area (Å²) in [6.07, 6.45) is 5.84. The molecule has 1 amide bonds. The third-order valence-corrected chi connectivity index (χ3v) is 7.41. The van der Waals surface area contributed by atoms with Crippen molar-refractivity contribution in [3.63, 3.8) is 0 Å². The van der Waals surface area contributed by atoms with E-state index in [1.807, 2.05) is 53.7 Å². The molecule has 0 aliphatic heterocycles. The summed E-state index contributed by atoms with van der Waals surface area (Å²) in [7, 11) is 1.91. The first-order valence-electron chi connectivity index (χ1n) is 10.0. The van der Waals surface area contributed by atoms with Gasteiger partial charge in [0.15, 0.2) is 5.16 Å². The normalized spacial score (nSPS) is 14.9. The van der Waals surface area contributed by atoms with E-state index in [2.05, 4.69) is 0 Å². The molecular weight excluding hydrogens is 402 g/mol. The molecule has 1 saturated carbocycles. The molecule has 2 heterocycles. The Labute approximate surface area is 178 Å². The fourth-order valence-corrected chi connectivity index (χ4v) is 5.54. The number of thioether (sulfide) groups is 1. The number of aromatic nitrogens is 2. The van der Waals surface area contributed by atoms with Crippen LogP contribution < -0.4 is 5.56 Å². The zero-order valence-electron chi connectivity index (χ0n) is 16.5. The minimum atomic E-state index is -0.0376. The number of hydrogen-bond acceptors (Lipinski definition) is 5. The van der Waals surface area contributed by atoms with Crippen molar-refractivity contribution in [1.82, 2.24) is 14.5 Å². The maximum Gasteiger partial charge on any atom is 0.272 e. The van der Waals surface area contributed by atoms with Crippen LogP contribution in [-0.4, -0.2) is 39.2 Å². The lowest BCUT2D eigenvalue weighted by Gasteiger charge is -2.31. The molecule has 7 heteroatoms. The summed E-state index contributed by atoms with van der Waals surface area (Å²) < 4.78 is 2.36. The number of nitrogens with zero attached hydrogens (tertiary/aromatic N) is 3. The van der Waals surface area contributed by atoms with Crippen LogP contribution in [0.4, 0.5) is 0 Å². The van der Waals surface area contributed by atoms with E-state index in [9.17, 15) is 9.59 Å². The van der Waals surface area contributed by atoms with Gasteiger partial charge in [-0.1, -0.05) is 61.4 Å². The first-order valence-corrected chi connectivity index (χ1v) is 11.9. The summed E-state index contributed by atoms with van der Waals surface area (Å²) in [6, 6.07) is 12.1. The Morgan fingerprint density at radius 2 is 1.97 bits per heavy atom. The molecule has 1 aromatic carbocycles. The zero-order chi connectivity index (χ0) is 20.2. The van der Waals surface area contributed by atoms with E-state index in [-0.39, 0.29) is 11.5 Å². The number of thiophene rings is 1. The van der Waals surface area contributed by atoms with Crippen molar-refractivity contribution in [3.8, 4) is 0 Å². The van der Waals surface area contributed by atoms with Gasteiger partial charge < -0.3 is 4.90 Å². The summed E-state index contributed by atoms with van der Waals surface area (Å²) in [5.74, 6) is 0.400. The number of hydrogen-bond donors (Lipinski definition) is 0. The van der Waals surface area contributed by atoms with E-state index in [4.69, 9.17) is 4.98 Å². The Balaban J connectivity index is 1.56. The van der Waals surface area contributed by atoms with Gasteiger partial charge in [-0.2, -0.15) is 0 Å². The van der Waals surface area contributed by atoms with Crippen LogP contribution in [0.2, 0.25) is 0 Å². The van der Waals surface area contributed by atoms with Crippen LogP contribution in [0.1, 0.15) is 37.7 Å². The Morgan fingerprint density at radius 1 is 1.21 bits per heavy atom. The quantitative estimate of drug-likeness (QED) is 0.432. The largest absolute Gasteiger partial charge is 0.342 e. The predicted molar refractivity (Wildman–Crippen MR) is 120 cm³/mol. The summed E-state index contributed by atoms with van der Waals surface area (Å²) in [5, 5.41) is 2.50. The molecule has 3 aromatic rings. The molecule has 1 fully saturated rings. The number of fused-ring (bicyclic) bond motifs is 1. The lowest BCUT2D eigenvalue weighted by atomic mass is 9.94. The maximum atomic E-state index is 13.1. The van der Waals surface area contributed by atoms with E-state index < -0.39 is 0 Å². The molecule has 2 aromatic heterocycles. The minimum absolute atomic E-state index is 0.0376. The molecule has 0 bridgehead atoms. The van der Waals surface area contributed by atoms with Crippen molar-refractivity contribution >= 4 is 39.2 Å². The molecule has 0 radical (unpaired) electrons. The average molecular weight is 428 g/mol. The van der Waals surface area contributed by atoms with Gasteiger partial charge in [0.2, 0.25) is 5.91 Å². The van der Waals surface area contributed by atoms with Gasteiger partial charge in [0.1, 0.15) is 4.70 Å². The van der Waals surface area contributed by atoms with Gasteiger partial charge in [-0.05, 0) is 29.9 Å². The molecular formula is C22H25N3O2S2. The number of benzene rings is 1. The number of carbonyl (C=O) groups excluding carboxylic acids is 1. The van der Waals surface area contributed by atoms with Crippen LogP contribution in [0.15, 0.2) is 51.7 Å². The van der Waals surface area contributed by atoms with Crippen molar-refractivity contribution in [2.75, 3.05) is 12.8 Å². The molecule has 0 saturated heterocycles. The van der Waals surface area contributed by atoms with Crippen LogP contribution in [0.5, 0.6) is 0 Å². The predicted octanol–water partition coefficient (Wildman–Crippen LogP) is 4.39. The molecule has 0 atom stereocenters. The number of carbonyl (C=O) groups is 1. The highest BCUT2D eigenvalue weighted by molar-refractivity contribution is 7.99. The Hall–Kier alpha value is -2.12. The van der Waals surface area contributed by atoms with Crippen LogP contribution in [-0.2, 0) is 11.3 Å². The second-order valence-electron chi connectivity index (χ2n) is 7.49. The van der Waals surface area contributed by atoms with E-state index in [0.717, 1.165) is 18.4 Å². The third kappa shape index (κ3) is 4.56. The first kappa shape index (κ1) is 20.2. The topological polar surface area (TPSA) is 55.2 Å². The van der Waals surface area contributed by atoms with E-state index in [0.29, 0.717) is 33.7 Å². The Morgan fingerprint density at radius 3 is 2.72 bits per heavy atom. The van der Waals surface area contributed by atoms with Crippen LogP contribution >= 0.6 is 23.1 Å². The Kier molecular flexibility index (Phi) is 6.35. The van der Waals surface area contributed by atoms with Crippen LogP contribution in [0.25, 0.3) is 10.2 Å². The summed E-state index contributed by atoms with van der Waals surface area (Å²) in [5.41, 5.74) is 1.71. The molecule has 1 aliphatic rings. The molecule has 5 nitrogen and oxygen atoms in total. The van der Waals surface area contributed by atoms with E-state index >= 15 is 0 Å². The molecule has 29 heavy (non-hydrogen) atoms. The zero-order valence-corrected chi connectivity index (χ0v) is 18.2.